The second-order valence-corrected chi connectivity index (χ2v) is 1.98. The first-order valence-corrected chi connectivity index (χ1v) is 3.10. The molecule has 2 N–H and O–H groups in total. The van der Waals surface area contributed by atoms with Crippen molar-refractivity contribution >= 4 is 5.97 Å². The van der Waals surface area contributed by atoms with Gasteiger partial charge in [-0.1, -0.05) is 0 Å². The van der Waals surface area contributed by atoms with E-state index in [1.165, 1.54) is 0 Å². The molecule has 56 valence electrons. The van der Waals surface area contributed by atoms with Gasteiger partial charge in [0, 0.05) is 6.54 Å². The average molecular weight is 143 g/mol. The Hall–Kier alpha value is -1.19. The van der Waals surface area contributed by atoms with Gasteiger partial charge in [-0.25, -0.2) is 4.79 Å². The van der Waals surface area contributed by atoms with E-state index in [1.54, 1.807) is 0 Å². The maximum absolute atomic E-state index is 10.1. The van der Waals surface area contributed by atoms with E-state index in [9.17, 15) is 4.79 Å². The van der Waals surface area contributed by atoms with Crippen LogP contribution < -0.4 is 5.32 Å². The van der Waals surface area contributed by atoms with Crippen molar-refractivity contribution in [3.63, 3.8) is 0 Å². The van der Waals surface area contributed by atoms with Crippen LogP contribution >= 0.6 is 0 Å². The van der Waals surface area contributed by atoms with Crippen LogP contribution in [-0.4, -0.2) is 24.2 Å². The van der Waals surface area contributed by atoms with E-state index >= 15 is 0 Å². The summed E-state index contributed by atoms with van der Waals surface area (Å²) < 4.78 is 4.96. The maximum Gasteiger partial charge on any atom is 0.333 e. The van der Waals surface area contributed by atoms with Crippen LogP contribution in [0.25, 0.3) is 0 Å². The van der Waals surface area contributed by atoms with Gasteiger partial charge < -0.3 is 15.2 Å². The van der Waals surface area contributed by atoms with E-state index in [-0.39, 0.29) is 0 Å². The Balaban J connectivity index is 2.45. The Morgan fingerprint density at radius 3 is 3.10 bits per heavy atom. The standard InChI is InChI=1S/C6H9NO3/c8-6(9)4-5-7-2-1-3-10-5/h4,7H,1-3H2,(H,8,9). The normalized spacial score (nSPS) is 21.4. The summed E-state index contributed by atoms with van der Waals surface area (Å²) in [5, 5.41) is 11.1. The van der Waals surface area contributed by atoms with Crippen molar-refractivity contribution < 1.29 is 14.6 Å². The molecule has 1 rings (SSSR count). The average Bonchev–Trinajstić information content (AvgIpc) is 1.88. The van der Waals surface area contributed by atoms with Crippen molar-refractivity contribution in [1.29, 1.82) is 0 Å². The summed E-state index contributed by atoms with van der Waals surface area (Å²) in [5.74, 6) is -0.622. The lowest BCUT2D eigenvalue weighted by Crippen LogP contribution is -2.25. The fourth-order valence-corrected chi connectivity index (χ4v) is 0.722. The monoisotopic (exact) mass is 143 g/mol. The number of ether oxygens (including phenoxy) is 1. The molecule has 0 aromatic heterocycles. The van der Waals surface area contributed by atoms with Crippen LogP contribution in [0.5, 0.6) is 0 Å². The smallest absolute Gasteiger partial charge is 0.333 e. The fourth-order valence-electron chi connectivity index (χ4n) is 0.722. The Bertz CT molecular complexity index is 156. The third-order valence-corrected chi connectivity index (χ3v) is 1.13. The highest BCUT2D eigenvalue weighted by Crippen LogP contribution is 1.99. The lowest BCUT2D eigenvalue weighted by molar-refractivity contribution is -0.131. The molecule has 10 heavy (non-hydrogen) atoms. The van der Waals surface area contributed by atoms with Crippen LogP contribution in [0.3, 0.4) is 0 Å². The molecule has 0 unspecified atom stereocenters. The number of carboxylic acid groups (broad SMARTS) is 1. The van der Waals surface area contributed by atoms with Crippen LogP contribution in [0.1, 0.15) is 6.42 Å². The predicted octanol–water partition coefficient (Wildman–Crippen LogP) is -0.0777. The molecule has 0 atom stereocenters. The summed E-state index contributed by atoms with van der Waals surface area (Å²) in [4.78, 5) is 10.1. The molecular formula is C6H9NO3. The van der Waals surface area contributed by atoms with Gasteiger partial charge in [0.2, 0.25) is 0 Å². The zero-order chi connectivity index (χ0) is 7.40. The van der Waals surface area contributed by atoms with Crippen LogP contribution in [0, 0.1) is 0 Å². The minimum Gasteiger partial charge on any atom is -0.479 e. The van der Waals surface area contributed by atoms with E-state index in [0.29, 0.717) is 12.5 Å². The van der Waals surface area contributed by atoms with Gasteiger partial charge in [-0.3, -0.25) is 0 Å². The topological polar surface area (TPSA) is 58.6 Å². The van der Waals surface area contributed by atoms with Crippen molar-refractivity contribution in [2.24, 2.45) is 0 Å². The first-order valence-electron chi connectivity index (χ1n) is 3.10. The zero-order valence-electron chi connectivity index (χ0n) is 5.46. The molecule has 4 nitrogen and oxygen atoms in total. The Kier molecular flexibility index (Phi) is 2.15. The van der Waals surface area contributed by atoms with E-state index < -0.39 is 5.97 Å². The number of rotatable bonds is 1. The minimum absolute atomic E-state index is 0.360. The molecule has 0 amide bonds. The first-order chi connectivity index (χ1) is 4.79. The van der Waals surface area contributed by atoms with Gasteiger partial charge in [-0.2, -0.15) is 0 Å². The number of carboxylic acids is 1. The van der Waals surface area contributed by atoms with E-state index in [0.717, 1.165) is 19.0 Å². The van der Waals surface area contributed by atoms with Gasteiger partial charge in [0.1, 0.15) is 0 Å². The molecule has 4 heteroatoms. The third kappa shape index (κ3) is 1.97. The molecule has 1 saturated heterocycles. The highest BCUT2D eigenvalue weighted by atomic mass is 16.5. The number of hydrogen-bond donors (Lipinski definition) is 2. The molecule has 0 aromatic rings. The van der Waals surface area contributed by atoms with Crippen molar-refractivity contribution in [2.75, 3.05) is 13.2 Å². The molecule has 1 fully saturated rings. The fraction of sp³-hybridized carbons (Fsp3) is 0.500. The largest absolute Gasteiger partial charge is 0.479 e. The van der Waals surface area contributed by atoms with Gasteiger partial charge in [-0.15, -0.1) is 0 Å². The quantitative estimate of drug-likeness (QED) is 0.504. The van der Waals surface area contributed by atoms with Crippen LogP contribution in [0.15, 0.2) is 12.0 Å². The van der Waals surface area contributed by atoms with Crippen LogP contribution in [0.2, 0.25) is 0 Å². The third-order valence-electron chi connectivity index (χ3n) is 1.13. The highest BCUT2D eigenvalue weighted by molar-refractivity contribution is 5.80. The van der Waals surface area contributed by atoms with Gasteiger partial charge >= 0.3 is 5.97 Å². The number of nitrogens with one attached hydrogen (secondary N) is 1. The Labute approximate surface area is 58.5 Å². The molecule has 1 heterocycles. The molecule has 1 aliphatic heterocycles. The van der Waals surface area contributed by atoms with E-state index in [1.807, 2.05) is 0 Å². The summed E-state index contributed by atoms with van der Waals surface area (Å²) >= 11 is 0. The Morgan fingerprint density at radius 1 is 1.80 bits per heavy atom. The SMILES string of the molecule is O=C(O)C=C1NCCCO1. The van der Waals surface area contributed by atoms with Gasteiger partial charge in [0.05, 0.1) is 12.7 Å². The molecule has 0 aromatic carbocycles. The Morgan fingerprint density at radius 2 is 2.60 bits per heavy atom. The van der Waals surface area contributed by atoms with Gasteiger partial charge in [0.15, 0.2) is 5.88 Å². The zero-order valence-corrected chi connectivity index (χ0v) is 5.46. The highest BCUT2D eigenvalue weighted by Gasteiger charge is 2.05. The molecule has 0 spiro atoms. The first kappa shape index (κ1) is 6.92. The minimum atomic E-state index is -0.982. The number of carbonyl (C=O) groups is 1. The van der Waals surface area contributed by atoms with Gasteiger partial charge in [0.25, 0.3) is 0 Å². The van der Waals surface area contributed by atoms with E-state index in [2.05, 4.69) is 5.32 Å². The second-order valence-electron chi connectivity index (χ2n) is 1.98. The van der Waals surface area contributed by atoms with Gasteiger partial charge in [-0.05, 0) is 6.42 Å². The van der Waals surface area contributed by atoms with Crippen molar-refractivity contribution in [3.8, 4) is 0 Å². The van der Waals surface area contributed by atoms with Crippen molar-refractivity contribution in [1.82, 2.24) is 5.32 Å². The van der Waals surface area contributed by atoms with Crippen LogP contribution in [-0.2, 0) is 9.53 Å². The second kappa shape index (κ2) is 3.10. The molecule has 0 saturated carbocycles. The molecular weight excluding hydrogens is 134 g/mol. The summed E-state index contributed by atoms with van der Waals surface area (Å²) in [6, 6.07) is 0. The van der Waals surface area contributed by atoms with Crippen LogP contribution in [0.4, 0.5) is 0 Å². The lowest BCUT2D eigenvalue weighted by atomic mass is 10.4. The molecule has 0 bridgehead atoms. The molecule has 1 aliphatic rings. The molecule has 0 radical (unpaired) electrons. The van der Waals surface area contributed by atoms with E-state index in [4.69, 9.17) is 9.84 Å². The summed E-state index contributed by atoms with van der Waals surface area (Å²) in [5.41, 5.74) is 0. The van der Waals surface area contributed by atoms with Crippen molar-refractivity contribution in [3.05, 3.63) is 12.0 Å². The summed E-state index contributed by atoms with van der Waals surface area (Å²) in [6.45, 7) is 1.39. The number of hydrogen-bond acceptors (Lipinski definition) is 3. The summed E-state index contributed by atoms with van der Waals surface area (Å²) in [7, 11) is 0. The number of aliphatic carboxylic acids is 1. The summed E-state index contributed by atoms with van der Waals surface area (Å²) in [6.07, 6.45) is 1.95. The molecule has 0 aliphatic carbocycles. The lowest BCUT2D eigenvalue weighted by Gasteiger charge is -2.16. The predicted molar refractivity (Wildman–Crippen MR) is 34.3 cm³/mol. The van der Waals surface area contributed by atoms with Crippen molar-refractivity contribution in [2.45, 2.75) is 6.42 Å². The maximum atomic E-state index is 10.1.